The van der Waals surface area contributed by atoms with E-state index in [-0.39, 0.29) is 0 Å². The Morgan fingerprint density at radius 1 is 1.00 bits per heavy atom. The zero-order valence-electron chi connectivity index (χ0n) is 11.8. The molecule has 0 bridgehead atoms. The molecule has 0 aromatic carbocycles. The highest BCUT2D eigenvalue weighted by Crippen LogP contribution is 2.49. The number of nitrogens with one attached hydrogen (secondary N) is 2. The summed E-state index contributed by atoms with van der Waals surface area (Å²) in [5.41, 5.74) is 1.12. The maximum Gasteiger partial charge on any atom is 0.0306 e. The molecule has 1 heterocycles. The maximum absolute atomic E-state index is 3.78. The van der Waals surface area contributed by atoms with E-state index in [1.165, 1.54) is 71.0 Å². The lowest BCUT2D eigenvalue weighted by molar-refractivity contribution is 0.306. The molecule has 0 spiro atoms. The average molecular weight is 238 g/mol. The Bertz CT molecular complexity index is 227. The van der Waals surface area contributed by atoms with Gasteiger partial charge in [0.2, 0.25) is 0 Å². The van der Waals surface area contributed by atoms with Gasteiger partial charge in [-0.2, -0.15) is 0 Å². The highest BCUT2D eigenvalue weighted by Gasteiger charge is 2.41. The van der Waals surface area contributed by atoms with Crippen molar-refractivity contribution in [3.05, 3.63) is 0 Å². The van der Waals surface area contributed by atoms with Crippen LogP contribution < -0.4 is 10.6 Å². The van der Waals surface area contributed by atoms with Crippen LogP contribution in [0.2, 0.25) is 0 Å². The predicted molar refractivity (Wildman–Crippen MR) is 74.3 cm³/mol. The van der Waals surface area contributed by atoms with E-state index >= 15 is 0 Å². The van der Waals surface area contributed by atoms with Crippen LogP contribution in [0.25, 0.3) is 0 Å². The van der Waals surface area contributed by atoms with E-state index in [9.17, 15) is 0 Å². The highest BCUT2D eigenvalue weighted by atomic mass is 15.1. The van der Waals surface area contributed by atoms with Crippen LogP contribution in [-0.4, -0.2) is 25.2 Å². The van der Waals surface area contributed by atoms with Gasteiger partial charge in [-0.25, -0.2) is 0 Å². The molecule has 2 nitrogen and oxygen atoms in total. The van der Waals surface area contributed by atoms with Crippen LogP contribution in [-0.2, 0) is 0 Å². The number of hydrogen-bond donors (Lipinski definition) is 2. The molecule has 2 aliphatic rings. The first kappa shape index (κ1) is 13.4. The summed E-state index contributed by atoms with van der Waals surface area (Å²) in [4.78, 5) is 0. The van der Waals surface area contributed by atoms with Gasteiger partial charge in [0.25, 0.3) is 0 Å². The second-order valence-corrected chi connectivity index (χ2v) is 6.41. The maximum atomic E-state index is 3.78. The molecule has 1 saturated heterocycles. The topological polar surface area (TPSA) is 24.1 Å². The van der Waals surface area contributed by atoms with Crippen LogP contribution in [0.15, 0.2) is 0 Å². The van der Waals surface area contributed by atoms with Gasteiger partial charge in [0, 0.05) is 18.6 Å². The molecule has 2 N–H and O–H groups in total. The molecule has 17 heavy (non-hydrogen) atoms. The molecular weight excluding hydrogens is 208 g/mol. The molecule has 2 fully saturated rings. The first-order chi connectivity index (χ1) is 8.24. The molecule has 100 valence electrons. The number of hydrogen-bond acceptors (Lipinski definition) is 2. The molecule has 1 saturated carbocycles. The fraction of sp³-hybridized carbons (Fsp3) is 1.00. The largest absolute Gasteiger partial charge is 0.314 e. The Morgan fingerprint density at radius 2 is 1.76 bits per heavy atom. The minimum atomic E-state index is 0.428. The Balaban J connectivity index is 1.72. The van der Waals surface area contributed by atoms with Crippen LogP contribution in [0, 0.1) is 5.41 Å². The van der Waals surface area contributed by atoms with Crippen molar-refractivity contribution in [1.82, 2.24) is 10.6 Å². The van der Waals surface area contributed by atoms with E-state index in [0.717, 1.165) is 0 Å². The molecular formula is C15H30N2. The van der Waals surface area contributed by atoms with Crippen LogP contribution in [0.5, 0.6) is 0 Å². The van der Waals surface area contributed by atoms with Crippen molar-refractivity contribution in [2.45, 2.75) is 70.8 Å². The minimum Gasteiger partial charge on any atom is -0.314 e. The molecule has 2 rings (SSSR count). The van der Waals surface area contributed by atoms with Crippen molar-refractivity contribution >= 4 is 0 Å². The Morgan fingerprint density at radius 3 is 2.29 bits per heavy atom. The minimum absolute atomic E-state index is 0.428. The molecule has 1 unspecified atom stereocenters. The second-order valence-electron chi connectivity index (χ2n) is 6.41. The van der Waals surface area contributed by atoms with Crippen LogP contribution >= 0.6 is 0 Å². The van der Waals surface area contributed by atoms with E-state index in [4.69, 9.17) is 0 Å². The normalized spacial score (nSPS) is 30.7. The third-order valence-corrected chi connectivity index (χ3v) is 4.76. The zero-order chi connectivity index (χ0) is 12.2. The Labute approximate surface area is 107 Å². The van der Waals surface area contributed by atoms with E-state index in [1.54, 1.807) is 0 Å². The van der Waals surface area contributed by atoms with Gasteiger partial charge in [0.1, 0.15) is 0 Å². The molecule has 0 radical (unpaired) electrons. The van der Waals surface area contributed by atoms with Gasteiger partial charge in [0.05, 0.1) is 0 Å². The van der Waals surface area contributed by atoms with Gasteiger partial charge < -0.3 is 10.6 Å². The zero-order valence-corrected chi connectivity index (χ0v) is 11.8. The summed E-state index contributed by atoms with van der Waals surface area (Å²) in [7, 11) is 0. The summed E-state index contributed by atoms with van der Waals surface area (Å²) in [6.07, 6.45) is 11.1. The SMILES string of the molecule is CCCC1(CNCC2(CCC)CCCN2)CC1. The lowest BCUT2D eigenvalue weighted by Gasteiger charge is -2.30. The molecule has 0 amide bonds. The lowest BCUT2D eigenvalue weighted by Crippen LogP contribution is -2.49. The summed E-state index contributed by atoms with van der Waals surface area (Å²) >= 11 is 0. The summed E-state index contributed by atoms with van der Waals surface area (Å²) in [5, 5.41) is 7.53. The molecule has 1 aliphatic heterocycles. The summed E-state index contributed by atoms with van der Waals surface area (Å²) in [5.74, 6) is 0. The van der Waals surface area contributed by atoms with Crippen molar-refractivity contribution < 1.29 is 0 Å². The molecule has 0 aromatic rings. The second kappa shape index (κ2) is 5.71. The third-order valence-electron chi connectivity index (χ3n) is 4.76. The highest BCUT2D eigenvalue weighted by molar-refractivity contribution is 4.98. The Hall–Kier alpha value is -0.0800. The van der Waals surface area contributed by atoms with Crippen molar-refractivity contribution in [2.75, 3.05) is 19.6 Å². The van der Waals surface area contributed by atoms with Gasteiger partial charge in [-0.15, -0.1) is 0 Å². The summed E-state index contributed by atoms with van der Waals surface area (Å²) < 4.78 is 0. The van der Waals surface area contributed by atoms with E-state index < -0.39 is 0 Å². The molecule has 0 aromatic heterocycles. The standard InChI is InChI=1S/C15H30N2/c1-3-6-14(9-10-14)12-16-13-15(7-4-2)8-5-11-17-15/h16-17H,3-13H2,1-2H3. The summed E-state index contributed by atoms with van der Waals surface area (Å²) in [6, 6.07) is 0. The van der Waals surface area contributed by atoms with Gasteiger partial charge in [-0.1, -0.05) is 26.7 Å². The van der Waals surface area contributed by atoms with Gasteiger partial charge in [-0.05, 0) is 50.5 Å². The smallest absolute Gasteiger partial charge is 0.0306 e. The lowest BCUT2D eigenvalue weighted by atomic mass is 9.91. The third kappa shape index (κ3) is 3.45. The van der Waals surface area contributed by atoms with Crippen molar-refractivity contribution in [3.63, 3.8) is 0 Å². The Kier molecular flexibility index (Phi) is 4.48. The predicted octanol–water partition coefficient (Wildman–Crippen LogP) is 3.08. The van der Waals surface area contributed by atoms with Gasteiger partial charge in [-0.3, -0.25) is 0 Å². The van der Waals surface area contributed by atoms with E-state index in [1.807, 2.05) is 0 Å². The van der Waals surface area contributed by atoms with Crippen molar-refractivity contribution in [1.29, 1.82) is 0 Å². The fourth-order valence-electron chi connectivity index (χ4n) is 3.59. The molecule has 2 heteroatoms. The van der Waals surface area contributed by atoms with E-state index in [0.29, 0.717) is 11.0 Å². The van der Waals surface area contributed by atoms with Crippen molar-refractivity contribution in [2.24, 2.45) is 5.41 Å². The van der Waals surface area contributed by atoms with Gasteiger partial charge >= 0.3 is 0 Å². The first-order valence-electron chi connectivity index (χ1n) is 7.70. The van der Waals surface area contributed by atoms with E-state index in [2.05, 4.69) is 24.5 Å². The fourth-order valence-corrected chi connectivity index (χ4v) is 3.59. The molecule has 1 atom stereocenters. The van der Waals surface area contributed by atoms with Gasteiger partial charge in [0.15, 0.2) is 0 Å². The van der Waals surface area contributed by atoms with Crippen molar-refractivity contribution in [3.8, 4) is 0 Å². The monoisotopic (exact) mass is 238 g/mol. The van der Waals surface area contributed by atoms with Crippen LogP contribution in [0.4, 0.5) is 0 Å². The quantitative estimate of drug-likeness (QED) is 0.679. The first-order valence-corrected chi connectivity index (χ1v) is 7.70. The average Bonchev–Trinajstić information content (AvgIpc) is 2.90. The summed E-state index contributed by atoms with van der Waals surface area (Å²) in [6.45, 7) is 8.29. The molecule has 1 aliphatic carbocycles. The van der Waals surface area contributed by atoms with Crippen LogP contribution in [0.1, 0.15) is 65.2 Å². The number of rotatable bonds is 8. The van der Waals surface area contributed by atoms with Crippen LogP contribution in [0.3, 0.4) is 0 Å².